The van der Waals surface area contributed by atoms with Gasteiger partial charge in [-0.2, -0.15) is 0 Å². The molecule has 0 heterocycles. The van der Waals surface area contributed by atoms with E-state index in [2.05, 4.69) is 5.32 Å². The zero-order valence-electron chi connectivity index (χ0n) is 14.4. The lowest BCUT2D eigenvalue weighted by Crippen LogP contribution is -2.29. The Labute approximate surface area is 136 Å². The van der Waals surface area contributed by atoms with Gasteiger partial charge in [-0.3, -0.25) is 9.59 Å². The average Bonchev–Trinajstić information content (AvgIpc) is 2.45. The van der Waals surface area contributed by atoms with E-state index < -0.39 is 17.2 Å². The summed E-state index contributed by atoms with van der Waals surface area (Å²) >= 11 is 0. The topological polar surface area (TPSA) is 81.7 Å². The van der Waals surface area contributed by atoms with Crippen LogP contribution in [0.3, 0.4) is 0 Å². The van der Waals surface area contributed by atoms with E-state index in [1.165, 1.54) is 7.11 Å². The van der Waals surface area contributed by atoms with Crippen LogP contribution in [0.1, 0.15) is 43.6 Å². The average molecular weight is 321 g/mol. The molecular weight excluding hydrogens is 298 g/mol. The molecule has 1 N–H and O–H groups in total. The van der Waals surface area contributed by atoms with Gasteiger partial charge in [0.1, 0.15) is 5.75 Å². The molecule has 0 atom stereocenters. The summed E-state index contributed by atoms with van der Waals surface area (Å²) in [5.74, 6) is -1.90. The van der Waals surface area contributed by atoms with Gasteiger partial charge in [-0.1, -0.05) is 20.8 Å². The summed E-state index contributed by atoms with van der Waals surface area (Å²) < 4.78 is 9.96. The molecule has 0 saturated heterocycles. The number of carbonyl (C=O) groups is 3. The number of ether oxygens (including phenoxy) is 2. The number of anilines is 1. The molecule has 23 heavy (non-hydrogen) atoms. The monoisotopic (exact) mass is 321 g/mol. The van der Waals surface area contributed by atoms with Gasteiger partial charge < -0.3 is 14.8 Å². The fourth-order valence-corrected chi connectivity index (χ4v) is 1.86. The Morgan fingerprint density at radius 2 is 1.78 bits per heavy atom. The molecule has 1 aromatic rings. The van der Waals surface area contributed by atoms with Crippen LogP contribution in [0.4, 0.5) is 5.69 Å². The maximum absolute atomic E-state index is 12.4. The summed E-state index contributed by atoms with van der Waals surface area (Å²) in [7, 11) is 1.39. The maximum Gasteiger partial charge on any atom is 0.379 e. The van der Waals surface area contributed by atoms with Crippen molar-refractivity contribution >= 4 is 23.3 Å². The SMILES string of the molecule is CCOC(=O)C(=O)c1c(NC(=O)C(C)(C)C)cc(C)cc1OC. The number of Topliss-reactive ketones (excluding diaryl/α,β-unsaturated/α-hetero) is 1. The van der Waals surface area contributed by atoms with Gasteiger partial charge in [-0.15, -0.1) is 0 Å². The number of aryl methyl sites for hydroxylation is 1. The molecule has 0 aliphatic heterocycles. The van der Waals surface area contributed by atoms with E-state index in [0.717, 1.165) is 5.56 Å². The summed E-state index contributed by atoms with van der Waals surface area (Å²) in [6.45, 7) is 8.75. The first-order valence-corrected chi connectivity index (χ1v) is 7.33. The number of ketones is 1. The fourth-order valence-electron chi connectivity index (χ4n) is 1.86. The van der Waals surface area contributed by atoms with Crippen molar-refractivity contribution in [3.8, 4) is 5.75 Å². The minimum absolute atomic E-state index is 0.00542. The Morgan fingerprint density at radius 1 is 1.17 bits per heavy atom. The van der Waals surface area contributed by atoms with Crippen molar-refractivity contribution in [1.82, 2.24) is 0 Å². The number of benzene rings is 1. The van der Waals surface area contributed by atoms with Crippen molar-refractivity contribution in [2.45, 2.75) is 34.6 Å². The van der Waals surface area contributed by atoms with Gasteiger partial charge in [0, 0.05) is 5.41 Å². The fraction of sp³-hybridized carbons (Fsp3) is 0.471. The summed E-state index contributed by atoms with van der Waals surface area (Å²) in [4.78, 5) is 36.4. The number of hydrogen-bond donors (Lipinski definition) is 1. The molecular formula is C17H23NO5. The molecule has 0 spiro atoms. The first-order chi connectivity index (χ1) is 10.6. The number of esters is 1. The third kappa shape index (κ3) is 4.55. The first-order valence-electron chi connectivity index (χ1n) is 7.33. The zero-order valence-corrected chi connectivity index (χ0v) is 14.4. The second-order valence-electron chi connectivity index (χ2n) is 6.14. The van der Waals surface area contributed by atoms with Crippen molar-refractivity contribution in [3.63, 3.8) is 0 Å². The van der Waals surface area contributed by atoms with Crippen LogP contribution in [-0.2, 0) is 14.3 Å². The molecule has 0 aliphatic rings. The second kappa shape index (κ2) is 7.26. The number of amides is 1. The molecule has 1 amide bonds. The van der Waals surface area contributed by atoms with E-state index in [-0.39, 0.29) is 29.5 Å². The summed E-state index contributed by atoms with van der Waals surface area (Å²) in [6, 6.07) is 3.25. The highest BCUT2D eigenvalue weighted by Gasteiger charge is 2.28. The highest BCUT2D eigenvalue weighted by Crippen LogP contribution is 2.30. The van der Waals surface area contributed by atoms with Crippen LogP contribution in [0.15, 0.2) is 12.1 Å². The molecule has 0 radical (unpaired) electrons. The third-order valence-electron chi connectivity index (χ3n) is 3.08. The quantitative estimate of drug-likeness (QED) is 0.512. The smallest absolute Gasteiger partial charge is 0.379 e. The molecule has 126 valence electrons. The molecule has 6 nitrogen and oxygen atoms in total. The van der Waals surface area contributed by atoms with Crippen molar-refractivity contribution in [3.05, 3.63) is 23.3 Å². The summed E-state index contributed by atoms with van der Waals surface area (Å²) in [6.07, 6.45) is 0. The summed E-state index contributed by atoms with van der Waals surface area (Å²) in [5.41, 5.74) is 0.363. The highest BCUT2D eigenvalue weighted by molar-refractivity contribution is 6.42. The molecule has 6 heteroatoms. The van der Waals surface area contributed by atoms with E-state index in [9.17, 15) is 14.4 Å². The van der Waals surface area contributed by atoms with Crippen molar-refractivity contribution < 1.29 is 23.9 Å². The number of nitrogens with one attached hydrogen (secondary N) is 1. The van der Waals surface area contributed by atoms with Gasteiger partial charge in [0.05, 0.1) is 25.0 Å². The maximum atomic E-state index is 12.4. The van der Waals surface area contributed by atoms with E-state index in [1.54, 1.807) is 46.8 Å². The predicted octanol–water partition coefficient (Wildman–Crippen LogP) is 2.73. The van der Waals surface area contributed by atoms with Crippen molar-refractivity contribution in [2.24, 2.45) is 5.41 Å². The van der Waals surface area contributed by atoms with Gasteiger partial charge in [0.2, 0.25) is 5.91 Å². The molecule has 0 unspecified atom stereocenters. The number of rotatable bonds is 5. The molecule has 0 fully saturated rings. The Hall–Kier alpha value is -2.37. The van der Waals surface area contributed by atoms with Gasteiger partial charge in [0.15, 0.2) is 0 Å². The van der Waals surface area contributed by atoms with E-state index in [0.29, 0.717) is 0 Å². The van der Waals surface area contributed by atoms with Crippen LogP contribution in [0.2, 0.25) is 0 Å². The van der Waals surface area contributed by atoms with Crippen LogP contribution >= 0.6 is 0 Å². The van der Waals surface area contributed by atoms with E-state index in [1.807, 2.05) is 0 Å². The number of methoxy groups -OCH3 is 1. The van der Waals surface area contributed by atoms with Crippen LogP contribution in [0, 0.1) is 12.3 Å². The minimum atomic E-state index is -0.985. The first kappa shape index (κ1) is 18.7. The zero-order chi connectivity index (χ0) is 17.8. The predicted molar refractivity (Wildman–Crippen MR) is 86.8 cm³/mol. The normalized spacial score (nSPS) is 10.9. The Kier molecular flexibility index (Phi) is 5.90. The Morgan fingerprint density at radius 3 is 2.26 bits per heavy atom. The standard InChI is InChI=1S/C17H23NO5/c1-7-23-15(20)14(19)13-11(18-16(21)17(3,4)5)8-10(2)9-12(13)22-6/h8-9H,7H2,1-6H3,(H,18,21). The second-order valence-corrected chi connectivity index (χ2v) is 6.14. The Balaban J connectivity index is 3.38. The van der Waals surface area contributed by atoms with E-state index >= 15 is 0 Å². The van der Waals surface area contributed by atoms with Crippen LogP contribution in [0.5, 0.6) is 5.75 Å². The van der Waals surface area contributed by atoms with Crippen LogP contribution in [0.25, 0.3) is 0 Å². The number of hydrogen-bond acceptors (Lipinski definition) is 5. The summed E-state index contributed by atoms with van der Waals surface area (Å²) in [5, 5.41) is 2.70. The molecule has 0 aliphatic carbocycles. The minimum Gasteiger partial charge on any atom is -0.496 e. The lowest BCUT2D eigenvalue weighted by molar-refractivity contribution is -0.137. The van der Waals surface area contributed by atoms with Crippen molar-refractivity contribution in [2.75, 3.05) is 19.0 Å². The largest absolute Gasteiger partial charge is 0.496 e. The van der Waals surface area contributed by atoms with Gasteiger partial charge >= 0.3 is 5.97 Å². The van der Waals surface area contributed by atoms with E-state index in [4.69, 9.17) is 9.47 Å². The van der Waals surface area contributed by atoms with Crippen molar-refractivity contribution in [1.29, 1.82) is 0 Å². The molecule has 0 bridgehead atoms. The van der Waals surface area contributed by atoms with Gasteiger partial charge in [-0.25, -0.2) is 4.79 Å². The third-order valence-corrected chi connectivity index (χ3v) is 3.08. The lowest BCUT2D eigenvalue weighted by Gasteiger charge is -2.20. The highest BCUT2D eigenvalue weighted by atomic mass is 16.5. The van der Waals surface area contributed by atoms with Crippen LogP contribution < -0.4 is 10.1 Å². The van der Waals surface area contributed by atoms with Gasteiger partial charge in [-0.05, 0) is 31.5 Å². The molecule has 0 saturated carbocycles. The number of carbonyl (C=O) groups excluding carboxylic acids is 3. The lowest BCUT2D eigenvalue weighted by atomic mass is 9.95. The molecule has 1 rings (SSSR count). The molecule has 1 aromatic carbocycles. The van der Waals surface area contributed by atoms with Crippen LogP contribution in [-0.4, -0.2) is 31.4 Å². The Bertz CT molecular complexity index is 629. The van der Waals surface area contributed by atoms with Gasteiger partial charge in [0.25, 0.3) is 5.78 Å². The molecule has 0 aromatic heterocycles.